The fourth-order valence-electron chi connectivity index (χ4n) is 1.74. The Morgan fingerprint density at radius 3 is 2.88 bits per heavy atom. The van der Waals surface area contributed by atoms with Crippen LogP contribution in [0.3, 0.4) is 0 Å². The van der Waals surface area contributed by atoms with Crippen molar-refractivity contribution in [1.29, 1.82) is 0 Å². The second-order valence-corrected chi connectivity index (χ2v) is 4.42. The summed E-state index contributed by atoms with van der Waals surface area (Å²) in [6.45, 7) is 2.00. The minimum Gasteiger partial charge on any atom is -0.414 e. The van der Waals surface area contributed by atoms with Gasteiger partial charge in [0, 0.05) is 11.5 Å². The monoisotopic (exact) mass is 228 g/mol. The minimum atomic E-state index is -0.0172. The molecule has 0 bridgehead atoms. The molecule has 86 valence electrons. The van der Waals surface area contributed by atoms with Crippen molar-refractivity contribution in [2.75, 3.05) is 0 Å². The highest BCUT2D eigenvalue weighted by Gasteiger charge is 2.34. The van der Waals surface area contributed by atoms with Gasteiger partial charge in [-0.25, -0.2) is 0 Å². The highest BCUT2D eigenvalue weighted by molar-refractivity contribution is 5.95. The van der Waals surface area contributed by atoms with Gasteiger partial charge in [0.25, 0.3) is 5.89 Å². The van der Waals surface area contributed by atoms with Crippen LogP contribution < -0.4 is 0 Å². The number of Topliss-reactive ketones (excluding diaryl/α,β-unsaturated/α-hetero) is 1. The molecule has 0 radical (unpaired) electrons. The first-order valence-electron chi connectivity index (χ1n) is 5.69. The number of benzene rings is 1. The number of carbonyl (C=O) groups is 1. The Hall–Kier alpha value is -1.97. The van der Waals surface area contributed by atoms with Crippen molar-refractivity contribution in [3.8, 4) is 11.5 Å². The molecule has 1 aromatic heterocycles. The van der Waals surface area contributed by atoms with Crippen LogP contribution >= 0.6 is 0 Å². The molecule has 0 aliphatic heterocycles. The van der Waals surface area contributed by atoms with E-state index in [1.807, 2.05) is 31.2 Å². The summed E-state index contributed by atoms with van der Waals surface area (Å²) in [7, 11) is 0. The number of rotatable bonds is 3. The molecule has 0 spiro atoms. The maximum absolute atomic E-state index is 11.7. The number of carbonyl (C=O) groups excluding carboxylic acids is 1. The van der Waals surface area contributed by atoms with E-state index < -0.39 is 0 Å². The lowest BCUT2D eigenvalue weighted by Gasteiger charge is -1.95. The molecule has 0 atom stereocenters. The lowest BCUT2D eigenvalue weighted by molar-refractivity contribution is 0.0934. The van der Waals surface area contributed by atoms with Crippen molar-refractivity contribution < 1.29 is 9.21 Å². The summed E-state index contributed by atoms with van der Waals surface area (Å²) in [5, 5.41) is 7.74. The predicted octanol–water partition coefficient (Wildman–Crippen LogP) is 2.64. The van der Waals surface area contributed by atoms with Gasteiger partial charge in [-0.2, -0.15) is 0 Å². The van der Waals surface area contributed by atoms with Crippen LogP contribution in [-0.4, -0.2) is 16.0 Å². The molecule has 1 aliphatic carbocycles. The van der Waals surface area contributed by atoms with E-state index in [1.54, 1.807) is 0 Å². The maximum Gasteiger partial charge on any atom is 0.284 e. The summed E-state index contributed by atoms with van der Waals surface area (Å²) in [5.74, 6) is 0.652. The molecule has 0 unspecified atom stereocenters. The highest BCUT2D eigenvalue weighted by atomic mass is 16.4. The van der Waals surface area contributed by atoms with Crippen LogP contribution in [0.15, 0.2) is 28.7 Å². The van der Waals surface area contributed by atoms with Gasteiger partial charge in [-0.1, -0.05) is 17.7 Å². The normalized spacial score (nSPS) is 14.9. The van der Waals surface area contributed by atoms with E-state index in [4.69, 9.17) is 4.42 Å². The summed E-state index contributed by atoms with van der Waals surface area (Å²) in [4.78, 5) is 11.7. The van der Waals surface area contributed by atoms with E-state index in [9.17, 15) is 4.79 Å². The molecular formula is C13H12N2O2. The SMILES string of the molecule is Cc1cccc(-c2nnc(C(=O)C3CC3)o2)c1. The van der Waals surface area contributed by atoms with Gasteiger partial charge in [-0.15, -0.1) is 10.2 Å². The molecule has 4 nitrogen and oxygen atoms in total. The summed E-state index contributed by atoms with van der Waals surface area (Å²) >= 11 is 0. The van der Waals surface area contributed by atoms with Gasteiger partial charge < -0.3 is 4.42 Å². The Kier molecular flexibility index (Phi) is 2.28. The molecule has 0 saturated heterocycles. The van der Waals surface area contributed by atoms with Gasteiger partial charge in [-0.05, 0) is 31.9 Å². The predicted molar refractivity (Wildman–Crippen MR) is 61.5 cm³/mol. The fraction of sp³-hybridized carbons (Fsp3) is 0.308. The van der Waals surface area contributed by atoms with Crippen LogP contribution in [0, 0.1) is 12.8 Å². The van der Waals surface area contributed by atoms with Crippen LogP contribution in [0.4, 0.5) is 0 Å². The third-order valence-corrected chi connectivity index (χ3v) is 2.85. The van der Waals surface area contributed by atoms with E-state index in [-0.39, 0.29) is 17.6 Å². The summed E-state index contributed by atoms with van der Waals surface area (Å²) in [6.07, 6.45) is 1.89. The van der Waals surface area contributed by atoms with Crippen molar-refractivity contribution in [3.05, 3.63) is 35.7 Å². The molecule has 1 aliphatic rings. The molecule has 17 heavy (non-hydrogen) atoms. The zero-order valence-electron chi connectivity index (χ0n) is 9.51. The summed E-state index contributed by atoms with van der Waals surface area (Å²) in [6, 6.07) is 7.78. The van der Waals surface area contributed by atoms with Gasteiger partial charge >= 0.3 is 0 Å². The average Bonchev–Trinajstić information content (AvgIpc) is 3.05. The Bertz CT molecular complexity index is 570. The standard InChI is InChI=1S/C13H12N2O2/c1-8-3-2-4-10(7-8)12-14-15-13(17-12)11(16)9-5-6-9/h2-4,7,9H,5-6H2,1H3. The Morgan fingerprint density at radius 2 is 2.18 bits per heavy atom. The van der Waals surface area contributed by atoms with Crippen molar-refractivity contribution in [2.24, 2.45) is 5.92 Å². The van der Waals surface area contributed by atoms with Crippen LogP contribution in [0.25, 0.3) is 11.5 Å². The molecule has 1 saturated carbocycles. The maximum atomic E-state index is 11.7. The number of nitrogens with zero attached hydrogens (tertiary/aromatic N) is 2. The quantitative estimate of drug-likeness (QED) is 0.758. The van der Waals surface area contributed by atoms with E-state index in [0.29, 0.717) is 5.89 Å². The number of hydrogen-bond donors (Lipinski definition) is 0. The third-order valence-electron chi connectivity index (χ3n) is 2.85. The Morgan fingerprint density at radius 1 is 1.35 bits per heavy atom. The van der Waals surface area contributed by atoms with Crippen LogP contribution in [0.5, 0.6) is 0 Å². The zero-order valence-corrected chi connectivity index (χ0v) is 9.51. The molecule has 2 aromatic rings. The van der Waals surface area contributed by atoms with Crippen LogP contribution in [-0.2, 0) is 0 Å². The van der Waals surface area contributed by atoms with Crippen LogP contribution in [0.1, 0.15) is 29.1 Å². The second-order valence-electron chi connectivity index (χ2n) is 4.42. The fourth-order valence-corrected chi connectivity index (χ4v) is 1.74. The first-order chi connectivity index (χ1) is 8.24. The van der Waals surface area contributed by atoms with E-state index in [1.165, 1.54) is 0 Å². The lowest BCUT2D eigenvalue weighted by atomic mass is 10.1. The molecule has 1 heterocycles. The first-order valence-corrected chi connectivity index (χ1v) is 5.69. The topological polar surface area (TPSA) is 56.0 Å². The van der Waals surface area contributed by atoms with E-state index >= 15 is 0 Å². The second kappa shape index (κ2) is 3.80. The number of hydrogen-bond acceptors (Lipinski definition) is 4. The van der Waals surface area contributed by atoms with Gasteiger partial charge in [0.2, 0.25) is 11.7 Å². The zero-order chi connectivity index (χ0) is 11.8. The van der Waals surface area contributed by atoms with Gasteiger partial charge in [0.05, 0.1) is 0 Å². The first kappa shape index (κ1) is 10.2. The van der Waals surface area contributed by atoms with Crippen molar-refractivity contribution in [2.45, 2.75) is 19.8 Å². The van der Waals surface area contributed by atoms with Gasteiger partial charge in [0.1, 0.15) is 0 Å². The van der Waals surface area contributed by atoms with E-state index in [2.05, 4.69) is 10.2 Å². The van der Waals surface area contributed by atoms with Crippen molar-refractivity contribution >= 4 is 5.78 Å². The molecule has 3 rings (SSSR count). The number of aryl methyl sites for hydroxylation is 1. The molecule has 0 N–H and O–H groups in total. The molecule has 1 aromatic carbocycles. The lowest BCUT2D eigenvalue weighted by Crippen LogP contribution is -2.01. The molecule has 4 heteroatoms. The largest absolute Gasteiger partial charge is 0.414 e. The average molecular weight is 228 g/mol. The third kappa shape index (κ3) is 1.98. The molecule has 0 amide bonds. The van der Waals surface area contributed by atoms with Gasteiger partial charge in [0.15, 0.2) is 0 Å². The minimum absolute atomic E-state index is 0.0172. The van der Waals surface area contributed by atoms with Crippen LogP contribution in [0.2, 0.25) is 0 Å². The summed E-state index contributed by atoms with van der Waals surface area (Å²) in [5.41, 5.74) is 1.98. The highest BCUT2D eigenvalue weighted by Crippen LogP contribution is 2.32. The molecule has 1 fully saturated rings. The smallest absolute Gasteiger partial charge is 0.284 e. The number of aromatic nitrogens is 2. The van der Waals surface area contributed by atoms with Gasteiger partial charge in [-0.3, -0.25) is 4.79 Å². The van der Waals surface area contributed by atoms with Crippen molar-refractivity contribution in [1.82, 2.24) is 10.2 Å². The van der Waals surface area contributed by atoms with Crippen molar-refractivity contribution in [3.63, 3.8) is 0 Å². The Balaban J connectivity index is 1.91. The summed E-state index contributed by atoms with van der Waals surface area (Å²) < 4.78 is 5.42. The Labute approximate surface area is 98.7 Å². The molecular weight excluding hydrogens is 216 g/mol. The number of ketones is 1. The van der Waals surface area contributed by atoms with E-state index in [0.717, 1.165) is 24.0 Å².